The fraction of sp³-hybridized carbons (Fsp3) is 0.367. The average molecular weight is 662 g/mol. The van der Waals surface area contributed by atoms with Crippen molar-refractivity contribution in [3.63, 3.8) is 0 Å². The first-order chi connectivity index (χ1) is 18.1. The molecule has 0 aliphatic carbocycles. The summed E-state index contributed by atoms with van der Waals surface area (Å²) in [5.74, 6) is 0.651. The number of rotatable bonds is 7. The van der Waals surface area contributed by atoms with E-state index in [0.29, 0.717) is 18.0 Å². The number of amides is 1. The average Bonchev–Trinajstić information content (AvgIpc) is 3.32. The van der Waals surface area contributed by atoms with Crippen LogP contribution in [0, 0.1) is 9.49 Å². The molecular formula is C30H33ClINO4Si. The standard InChI is InChI=1S/C30H33ClINO4Si/c1-19-28(38(3,4)24-12-10-23(36-2)11-13-24)27(15-16-34)37-30(19)25-17-21(31)7-14-26(25)33(29(30)35)18-20-5-8-22(32)9-6-20/h5-14,17,19,27-28,34H,15-16,18H2,1-4H3/t19-,27+,28-,30+/m0/s1. The Hall–Kier alpha value is -1.91. The van der Waals surface area contributed by atoms with E-state index in [1.165, 1.54) is 5.19 Å². The van der Waals surface area contributed by atoms with Gasteiger partial charge in [-0.05, 0) is 82.6 Å². The Morgan fingerprint density at radius 3 is 2.42 bits per heavy atom. The van der Waals surface area contributed by atoms with E-state index in [-0.39, 0.29) is 30.1 Å². The van der Waals surface area contributed by atoms with Crippen molar-refractivity contribution in [3.05, 3.63) is 86.4 Å². The molecule has 2 aliphatic rings. The molecule has 2 heterocycles. The van der Waals surface area contributed by atoms with Gasteiger partial charge < -0.3 is 19.5 Å². The van der Waals surface area contributed by atoms with Crippen molar-refractivity contribution >= 4 is 59.0 Å². The number of anilines is 1. The summed E-state index contributed by atoms with van der Waals surface area (Å²) in [7, 11) is -0.534. The molecule has 1 amide bonds. The summed E-state index contributed by atoms with van der Waals surface area (Å²) >= 11 is 8.81. The van der Waals surface area contributed by atoms with Crippen LogP contribution in [-0.4, -0.2) is 38.9 Å². The molecular weight excluding hydrogens is 629 g/mol. The van der Waals surface area contributed by atoms with Crippen LogP contribution < -0.4 is 14.8 Å². The highest BCUT2D eigenvalue weighted by Crippen LogP contribution is 2.60. The second-order valence-corrected chi connectivity index (χ2v) is 17.2. The van der Waals surface area contributed by atoms with Crippen LogP contribution in [0.15, 0.2) is 66.7 Å². The van der Waals surface area contributed by atoms with Gasteiger partial charge in [0.25, 0.3) is 5.91 Å². The molecule has 8 heteroatoms. The van der Waals surface area contributed by atoms with Gasteiger partial charge in [-0.1, -0.05) is 61.1 Å². The fourth-order valence-corrected chi connectivity index (χ4v) is 11.2. The van der Waals surface area contributed by atoms with E-state index in [1.807, 2.05) is 35.2 Å². The fourth-order valence-electron chi connectivity index (χ4n) is 6.61. The third kappa shape index (κ3) is 4.50. The summed E-state index contributed by atoms with van der Waals surface area (Å²) in [6, 6.07) is 22.2. The summed E-state index contributed by atoms with van der Waals surface area (Å²) in [5, 5.41) is 11.9. The largest absolute Gasteiger partial charge is 0.497 e. The Labute approximate surface area is 244 Å². The van der Waals surface area contributed by atoms with Gasteiger partial charge >= 0.3 is 0 Å². The lowest BCUT2D eigenvalue weighted by Gasteiger charge is -2.37. The maximum atomic E-state index is 14.5. The van der Waals surface area contributed by atoms with E-state index < -0.39 is 13.7 Å². The lowest BCUT2D eigenvalue weighted by Crippen LogP contribution is -2.51. The zero-order chi connectivity index (χ0) is 27.2. The van der Waals surface area contributed by atoms with Crippen molar-refractivity contribution in [3.8, 4) is 5.75 Å². The molecule has 38 heavy (non-hydrogen) atoms. The summed E-state index contributed by atoms with van der Waals surface area (Å²) in [6.07, 6.45) is 0.219. The van der Waals surface area contributed by atoms with Crippen molar-refractivity contribution in [1.82, 2.24) is 0 Å². The van der Waals surface area contributed by atoms with E-state index in [4.69, 9.17) is 21.1 Å². The molecule has 1 spiro atoms. The highest BCUT2D eigenvalue weighted by molar-refractivity contribution is 14.1. The Morgan fingerprint density at radius 1 is 1.11 bits per heavy atom. The Balaban J connectivity index is 1.60. The van der Waals surface area contributed by atoms with Crippen molar-refractivity contribution in [2.75, 3.05) is 18.6 Å². The molecule has 200 valence electrons. The zero-order valence-electron chi connectivity index (χ0n) is 22.1. The highest BCUT2D eigenvalue weighted by Gasteiger charge is 2.66. The van der Waals surface area contributed by atoms with Gasteiger partial charge in [-0.25, -0.2) is 0 Å². The smallest absolute Gasteiger partial charge is 0.264 e. The molecule has 0 radical (unpaired) electrons. The number of carbonyl (C=O) groups excluding carboxylic acids is 1. The molecule has 2 aliphatic heterocycles. The number of methoxy groups -OCH3 is 1. The van der Waals surface area contributed by atoms with Crippen LogP contribution in [0.25, 0.3) is 0 Å². The molecule has 5 rings (SSSR count). The van der Waals surface area contributed by atoms with E-state index in [0.717, 1.165) is 26.1 Å². The first kappa shape index (κ1) is 27.6. The number of ether oxygens (including phenoxy) is 2. The molecule has 1 fully saturated rings. The molecule has 1 saturated heterocycles. The zero-order valence-corrected chi connectivity index (χ0v) is 26.0. The number of aliphatic hydroxyl groups is 1. The number of carbonyl (C=O) groups is 1. The Morgan fingerprint density at radius 2 is 1.79 bits per heavy atom. The number of hydrogen-bond donors (Lipinski definition) is 1. The van der Waals surface area contributed by atoms with Gasteiger partial charge in [-0.15, -0.1) is 0 Å². The summed E-state index contributed by atoms with van der Waals surface area (Å²) in [5.41, 5.74) is 1.68. The maximum Gasteiger partial charge on any atom is 0.264 e. The topological polar surface area (TPSA) is 59.0 Å². The summed E-state index contributed by atoms with van der Waals surface area (Å²) in [6.45, 7) is 7.28. The molecule has 5 nitrogen and oxygen atoms in total. The highest BCUT2D eigenvalue weighted by atomic mass is 127. The molecule has 0 aromatic heterocycles. The number of halogens is 2. The monoisotopic (exact) mass is 661 g/mol. The number of aliphatic hydroxyl groups excluding tert-OH is 1. The van der Waals surface area contributed by atoms with Crippen molar-refractivity contribution in [2.45, 2.75) is 50.2 Å². The number of fused-ring (bicyclic) bond motifs is 2. The minimum absolute atomic E-state index is 0.0000175. The van der Waals surface area contributed by atoms with Crippen molar-refractivity contribution in [1.29, 1.82) is 0 Å². The summed E-state index contributed by atoms with van der Waals surface area (Å²) < 4.78 is 13.4. The van der Waals surface area contributed by atoms with Crippen LogP contribution >= 0.6 is 34.2 Å². The first-order valence-electron chi connectivity index (χ1n) is 12.9. The van der Waals surface area contributed by atoms with Gasteiger partial charge in [0, 0.05) is 26.7 Å². The SMILES string of the molecule is COc1ccc([Si](C)(C)[C@@H]2[C@@H](CCO)O[C@]3(C(=O)N(Cc4ccc(I)cc4)c4ccc(Cl)cc43)[C@H]2C)cc1. The van der Waals surface area contributed by atoms with Crippen LogP contribution in [0.5, 0.6) is 5.75 Å². The van der Waals surface area contributed by atoms with E-state index >= 15 is 0 Å². The minimum Gasteiger partial charge on any atom is -0.497 e. The molecule has 0 unspecified atom stereocenters. The number of hydrogen-bond acceptors (Lipinski definition) is 4. The van der Waals surface area contributed by atoms with Crippen LogP contribution in [0.1, 0.15) is 24.5 Å². The van der Waals surface area contributed by atoms with Crippen LogP contribution in [0.3, 0.4) is 0 Å². The number of nitrogens with zero attached hydrogens (tertiary/aromatic N) is 1. The Kier molecular flexibility index (Phi) is 7.69. The van der Waals surface area contributed by atoms with Gasteiger partial charge in [0.05, 0.1) is 33.5 Å². The van der Waals surface area contributed by atoms with Gasteiger partial charge in [0.15, 0.2) is 5.60 Å². The van der Waals surface area contributed by atoms with Crippen LogP contribution in [0.2, 0.25) is 23.7 Å². The number of benzene rings is 3. The van der Waals surface area contributed by atoms with Gasteiger partial charge in [0.2, 0.25) is 0 Å². The lowest BCUT2D eigenvalue weighted by molar-refractivity contribution is -0.146. The molecule has 3 aromatic rings. The second-order valence-electron chi connectivity index (χ2n) is 10.8. The molecule has 0 saturated carbocycles. The van der Waals surface area contributed by atoms with E-state index in [9.17, 15) is 9.90 Å². The van der Waals surface area contributed by atoms with Gasteiger partial charge in [0.1, 0.15) is 5.75 Å². The lowest BCUT2D eigenvalue weighted by atomic mass is 9.82. The minimum atomic E-state index is -2.20. The predicted molar refractivity (Wildman–Crippen MR) is 163 cm³/mol. The van der Waals surface area contributed by atoms with Crippen molar-refractivity contribution < 1.29 is 19.4 Å². The maximum absolute atomic E-state index is 14.5. The first-order valence-corrected chi connectivity index (χ1v) is 17.5. The molecule has 0 bridgehead atoms. The Bertz CT molecular complexity index is 1330. The van der Waals surface area contributed by atoms with Crippen molar-refractivity contribution in [2.24, 2.45) is 5.92 Å². The molecule has 3 aromatic carbocycles. The summed E-state index contributed by atoms with van der Waals surface area (Å²) in [4.78, 5) is 16.4. The van der Waals surface area contributed by atoms with Gasteiger partial charge in [-0.3, -0.25) is 4.79 Å². The quantitative estimate of drug-likeness (QED) is 0.246. The van der Waals surface area contributed by atoms with E-state index in [2.05, 4.69) is 79.0 Å². The predicted octanol–water partition coefficient (Wildman–Crippen LogP) is 6.10. The normalized spacial score (nSPS) is 24.8. The van der Waals surface area contributed by atoms with Crippen LogP contribution in [0.4, 0.5) is 5.69 Å². The third-order valence-corrected chi connectivity index (χ3v) is 13.8. The van der Waals surface area contributed by atoms with Gasteiger partial charge in [-0.2, -0.15) is 0 Å². The second kappa shape index (κ2) is 10.6. The third-order valence-electron chi connectivity index (χ3n) is 8.47. The molecule has 4 atom stereocenters. The van der Waals surface area contributed by atoms with E-state index in [1.54, 1.807) is 7.11 Å². The molecule has 1 N–H and O–H groups in total. The van der Waals surface area contributed by atoms with Crippen LogP contribution in [-0.2, 0) is 21.7 Å².